The molecule has 3 aliphatic rings. The second-order valence-corrected chi connectivity index (χ2v) is 15.8. The van der Waals surface area contributed by atoms with Crippen LogP contribution in [-0.4, -0.2) is 83.5 Å². The van der Waals surface area contributed by atoms with Crippen molar-refractivity contribution in [2.24, 2.45) is 11.5 Å². The van der Waals surface area contributed by atoms with Crippen molar-refractivity contribution in [3.05, 3.63) is 70.3 Å². The first-order valence-electron chi connectivity index (χ1n) is 21.8. The molecule has 5 amide bonds. The van der Waals surface area contributed by atoms with E-state index >= 15 is 0 Å². The van der Waals surface area contributed by atoms with Gasteiger partial charge in [-0.1, -0.05) is 84.0 Å². The second-order valence-electron chi connectivity index (χ2n) is 15.8. The average Bonchev–Trinajstić information content (AvgIpc) is 3.67. The molecule has 0 unspecified atom stereocenters. The highest BCUT2D eigenvalue weighted by molar-refractivity contribution is 5.99. The number of primary amides is 2. The van der Waals surface area contributed by atoms with E-state index in [1.165, 1.54) is 96.3 Å². The van der Waals surface area contributed by atoms with Gasteiger partial charge < -0.3 is 26.2 Å². The molecule has 3 saturated heterocycles. The number of aryl methyl sites for hydroxylation is 1. The molecule has 56 heavy (non-hydrogen) atoms. The number of carbonyl (C=O) groups is 5. The summed E-state index contributed by atoms with van der Waals surface area (Å²) in [5, 5.41) is 0. The lowest BCUT2D eigenvalue weighted by molar-refractivity contribution is -0.131. The van der Waals surface area contributed by atoms with Crippen LogP contribution in [0.15, 0.2) is 42.5 Å². The van der Waals surface area contributed by atoms with E-state index in [2.05, 4.69) is 11.8 Å². The molecule has 4 N–H and O–H groups in total. The summed E-state index contributed by atoms with van der Waals surface area (Å²) in [6.07, 6.45) is 25.7. The Labute approximate surface area is 337 Å². The fourth-order valence-corrected chi connectivity index (χ4v) is 7.62. The standard InChI is InChI=1S/C18H35NO.2C14H18N2O2/c1-2-3-4-5-6-7-8-9-12-15-18(20)19-16-13-10-11-14-17-19;1-10-9-11(13(15)17)5-6-12(10)14(18)16-7-3-2-4-8-16;15-13(17)11-5-7-12(8-6-11)14(18)16-9-3-1-2-4-10-16/h2-17H2,1H3;5-6,9H,2-4,7-8H2,1H3,(H2,15,17);5-8H,1-4,9-10H2,(H2,15,17). The van der Waals surface area contributed by atoms with Crippen molar-refractivity contribution in [3.8, 4) is 0 Å². The Morgan fingerprint density at radius 2 is 0.875 bits per heavy atom. The molecule has 0 atom stereocenters. The minimum absolute atomic E-state index is 0.0490. The number of nitrogens with two attached hydrogens (primary N) is 2. The summed E-state index contributed by atoms with van der Waals surface area (Å²) in [5.74, 6) is -0.412. The number of hydrogen-bond donors (Lipinski definition) is 2. The van der Waals surface area contributed by atoms with Crippen LogP contribution in [0.5, 0.6) is 0 Å². The Balaban J connectivity index is 0.000000226. The number of piperidine rings is 1. The zero-order valence-electron chi connectivity index (χ0n) is 34.7. The maximum atomic E-state index is 12.3. The first-order valence-corrected chi connectivity index (χ1v) is 21.8. The summed E-state index contributed by atoms with van der Waals surface area (Å²) < 4.78 is 0. The van der Waals surface area contributed by atoms with Crippen molar-refractivity contribution >= 4 is 29.5 Å². The smallest absolute Gasteiger partial charge is 0.254 e. The third-order valence-electron chi connectivity index (χ3n) is 11.1. The lowest BCUT2D eigenvalue weighted by Gasteiger charge is -2.27. The van der Waals surface area contributed by atoms with Gasteiger partial charge in [-0.05, 0) is 106 Å². The summed E-state index contributed by atoms with van der Waals surface area (Å²) in [7, 11) is 0. The van der Waals surface area contributed by atoms with Crippen LogP contribution in [0, 0.1) is 6.92 Å². The normalized spacial score (nSPS) is 15.9. The highest BCUT2D eigenvalue weighted by atomic mass is 16.2. The van der Waals surface area contributed by atoms with Crippen LogP contribution in [0.2, 0.25) is 0 Å². The zero-order valence-corrected chi connectivity index (χ0v) is 34.7. The monoisotopic (exact) mass is 774 g/mol. The van der Waals surface area contributed by atoms with Gasteiger partial charge in [0.25, 0.3) is 11.8 Å². The summed E-state index contributed by atoms with van der Waals surface area (Å²) >= 11 is 0. The molecular weight excluding hydrogens is 703 g/mol. The first kappa shape index (κ1) is 46.2. The molecule has 2 aromatic rings. The topological polar surface area (TPSA) is 147 Å². The number of carbonyl (C=O) groups excluding carboxylic acids is 5. The van der Waals surface area contributed by atoms with Gasteiger partial charge in [0.2, 0.25) is 17.7 Å². The van der Waals surface area contributed by atoms with E-state index in [1.54, 1.807) is 42.5 Å². The summed E-state index contributed by atoms with van der Waals surface area (Å²) in [4.78, 5) is 64.5. The maximum absolute atomic E-state index is 12.3. The van der Waals surface area contributed by atoms with Gasteiger partial charge in [-0.15, -0.1) is 0 Å². The fourth-order valence-electron chi connectivity index (χ4n) is 7.62. The molecule has 2 aromatic carbocycles. The Hall–Kier alpha value is -4.21. The zero-order chi connectivity index (χ0) is 40.5. The molecule has 10 nitrogen and oxygen atoms in total. The number of likely N-dealkylation sites (tertiary alicyclic amines) is 3. The van der Waals surface area contributed by atoms with Crippen LogP contribution in [-0.2, 0) is 4.79 Å². The predicted molar refractivity (Wildman–Crippen MR) is 226 cm³/mol. The first-order chi connectivity index (χ1) is 27.1. The van der Waals surface area contributed by atoms with E-state index in [4.69, 9.17) is 11.5 Å². The quantitative estimate of drug-likeness (QED) is 0.184. The van der Waals surface area contributed by atoms with Gasteiger partial charge in [0.15, 0.2) is 0 Å². The Kier molecular flexibility index (Phi) is 21.9. The Morgan fingerprint density at radius 3 is 1.34 bits per heavy atom. The van der Waals surface area contributed by atoms with E-state index < -0.39 is 11.8 Å². The summed E-state index contributed by atoms with van der Waals surface area (Å²) in [5.41, 5.74) is 13.4. The molecule has 0 aromatic heterocycles. The Morgan fingerprint density at radius 1 is 0.482 bits per heavy atom. The van der Waals surface area contributed by atoms with E-state index in [0.717, 1.165) is 83.4 Å². The third-order valence-corrected chi connectivity index (χ3v) is 11.1. The van der Waals surface area contributed by atoms with Crippen molar-refractivity contribution in [2.45, 2.75) is 149 Å². The second kappa shape index (κ2) is 26.6. The number of hydrogen-bond acceptors (Lipinski definition) is 5. The maximum Gasteiger partial charge on any atom is 0.254 e. The van der Waals surface area contributed by atoms with Crippen molar-refractivity contribution in [2.75, 3.05) is 39.3 Å². The molecule has 5 rings (SSSR count). The summed E-state index contributed by atoms with van der Waals surface area (Å²) in [6, 6.07) is 11.6. The molecule has 310 valence electrons. The largest absolute Gasteiger partial charge is 0.366 e. The molecule has 3 fully saturated rings. The minimum Gasteiger partial charge on any atom is -0.366 e. The highest BCUT2D eigenvalue weighted by Crippen LogP contribution is 2.18. The Bertz CT molecular complexity index is 1490. The number of nitrogens with zero attached hydrogens (tertiary/aromatic N) is 3. The molecule has 0 bridgehead atoms. The van der Waals surface area contributed by atoms with Gasteiger partial charge in [-0.25, -0.2) is 0 Å². The number of unbranched alkanes of at least 4 members (excludes halogenated alkanes) is 8. The summed E-state index contributed by atoms with van der Waals surface area (Å²) in [6.45, 7) is 9.44. The van der Waals surface area contributed by atoms with Crippen LogP contribution in [0.3, 0.4) is 0 Å². The lowest BCUT2D eigenvalue weighted by Crippen LogP contribution is -2.36. The SMILES string of the molecule is CCCCCCCCCCCC(=O)N1CCCCCC1.Cc1cc(C(N)=O)ccc1C(=O)N1CCCCC1.NC(=O)c1ccc(C(=O)N2CCCCCC2)cc1. The van der Waals surface area contributed by atoms with Crippen molar-refractivity contribution in [3.63, 3.8) is 0 Å². The van der Waals surface area contributed by atoms with Crippen LogP contribution in [0.1, 0.15) is 189 Å². The van der Waals surface area contributed by atoms with E-state index in [-0.39, 0.29) is 11.8 Å². The third kappa shape index (κ3) is 16.9. The highest BCUT2D eigenvalue weighted by Gasteiger charge is 2.21. The van der Waals surface area contributed by atoms with Gasteiger partial charge in [0.1, 0.15) is 0 Å². The van der Waals surface area contributed by atoms with Gasteiger partial charge in [0.05, 0.1) is 0 Å². The fraction of sp³-hybridized carbons (Fsp3) is 0.630. The van der Waals surface area contributed by atoms with E-state index in [0.29, 0.717) is 28.2 Å². The molecule has 3 heterocycles. The number of benzene rings is 2. The predicted octanol–water partition coefficient (Wildman–Crippen LogP) is 8.83. The van der Waals surface area contributed by atoms with Crippen molar-refractivity contribution < 1.29 is 24.0 Å². The van der Waals surface area contributed by atoms with Crippen LogP contribution in [0.4, 0.5) is 0 Å². The average molecular weight is 774 g/mol. The van der Waals surface area contributed by atoms with Crippen molar-refractivity contribution in [1.29, 1.82) is 0 Å². The lowest BCUT2D eigenvalue weighted by atomic mass is 10.0. The number of amides is 5. The molecule has 0 radical (unpaired) electrons. The molecule has 0 saturated carbocycles. The molecule has 10 heteroatoms. The van der Waals surface area contributed by atoms with Crippen LogP contribution in [0.25, 0.3) is 0 Å². The van der Waals surface area contributed by atoms with E-state index in [9.17, 15) is 24.0 Å². The molecular formula is C46H71N5O5. The van der Waals surface area contributed by atoms with E-state index in [1.807, 2.05) is 16.7 Å². The molecule has 0 aliphatic carbocycles. The van der Waals surface area contributed by atoms with Crippen LogP contribution < -0.4 is 11.5 Å². The molecule has 3 aliphatic heterocycles. The van der Waals surface area contributed by atoms with Gasteiger partial charge in [-0.3, -0.25) is 24.0 Å². The van der Waals surface area contributed by atoms with Gasteiger partial charge in [-0.2, -0.15) is 0 Å². The van der Waals surface area contributed by atoms with Gasteiger partial charge in [0, 0.05) is 67.9 Å². The number of rotatable bonds is 14. The molecule has 0 spiro atoms. The van der Waals surface area contributed by atoms with Gasteiger partial charge >= 0.3 is 0 Å². The van der Waals surface area contributed by atoms with Crippen LogP contribution >= 0.6 is 0 Å². The van der Waals surface area contributed by atoms with Crippen molar-refractivity contribution in [1.82, 2.24) is 14.7 Å². The minimum atomic E-state index is -0.469.